The summed E-state index contributed by atoms with van der Waals surface area (Å²) in [5, 5.41) is 13.4. The standard InChI is InChI=1S/C20H22N2O7/c1-4-17(29-15-8-6-5-7-9-15)20(24)28-13(2)19(23)21-16-12-14(22(25)26)10-11-18(16)27-3/h5-13,17H,4H2,1-3H3,(H,21,23)/t13-,17+/m1/s1. The van der Waals surface area contributed by atoms with Gasteiger partial charge in [0.1, 0.15) is 11.5 Å². The van der Waals surface area contributed by atoms with E-state index in [0.717, 1.165) is 0 Å². The van der Waals surface area contributed by atoms with E-state index < -0.39 is 29.0 Å². The van der Waals surface area contributed by atoms with Crippen molar-refractivity contribution in [3.63, 3.8) is 0 Å². The van der Waals surface area contributed by atoms with Crippen molar-refractivity contribution in [3.05, 3.63) is 58.6 Å². The predicted octanol–water partition coefficient (Wildman–Crippen LogP) is 3.33. The van der Waals surface area contributed by atoms with Crippen LogP contribution in [0.2, 0.25) is 0 Å². The molecule has 0 aliphatic rings. The molecule has 29 heavy (non-hydrogen) atoms. The Morgan fingerprint density at radius 3 is 2.45 bits per heavy atom. The highest BCUT2D eigenvalue weighted by Crippen LogP contribution is 2.29. The van der Waals surface area contributed by atoms with Gasteiger partial charge in [0, 0.05) is 12.1 Å². The van der Waals surface area contributed by atoms with Crippen molar-refractivity contribution < 1.29 is 28.7 Å². The highest BCUT2D eigenvalue weighted by Gasteiger charge is 2.26. The lowest BCUT2D eigenvalue weighted by molar-refractivity contribution is -0.384. The quantitative estimate of drug-likeness (QED) is 0.388. The fourth-order valence-corrected chi connectivity index (χ4v) is 2.41. The second-order valence-electron chi connectivity index (χ2n) is 6.04. The molecule has 1 N–H and O–H groups in total. The monoisotopic (exact) mass is 402 g/mol. The van der Waals surface area contributed by atoms with E-state index >= 15 is 0 Å². The van der Waals surface area contributed by atoms with Crippen LogP contribution in [0.25, 0.3) is 0 Å². The van der Waals surface area contributed by atoms with Gasteiger partial charge in [0.2, 0.25) is 0 Å². The number of nitro groups is 1. The molecule has 0 spiro atoms. The van der Waals surface area contributed by atoms with E-state index in [1.54, 1.807) is 31.2 Å². The Hall–Kier alpha value is -3.62. The third-order valence-corrected chi connectivity index (χ3v) is 3.97. The van der Waals surface area contributed by atoms with Gasteiger partial charge in [-0.3, -0.25) is 14.9 Å². The lowest BCUT2D eigenvalue weighted by Crippen LogP contribution is -2.36. The molecule has 0 aliphatic carbocycles. The lowest BCUT2D eigenvalue weighted by Gasteiger charge is -2.19. The molecule has 2 aromatic rings. The summed E-state index contributed by atoms with van der Waals surface area (Å²) < 4.78 is 15.9. The number of esters is 1. The van der Waals surface area contributed by atoms with Gasteiger partial charge in [0.15, 0.2) is 12.2 Å². The molecule has 2 aromatic carbocycles. The average molecular weight is 402 g/mol. The zero-order chi connectivity index (χ0) is 21.4. The molecular weight excluding hydrogens is 380 g/mol. The van der Waals surface area contributed by atoms with Crippen molar-refractivity contribution in [2.45, 2.75) is 32.5 Å². The molecule has 2 atom stereocenters. The summed E-state index contributed by atoms with van der Waals surface area (Å²) in [7, 11) is 1.37. The van der Waals surface area contributed by atoms with Gasteiger partial charge in [-0.2, -0.15) is 0 Å². The summed E-state index contributed by atoms with van der Waals surface area (Å²) in [6.45, 7) is 3.15. The minimum absolute atomic E-state index is 0.0992. The SMILES string of the molecule is CC[C@H](Oc1ccccc1)C(=O)O[C@H](C)C(=O)Nc1cc([N+](=O)[O-])ccc1OC. The van der Waals surface area contributed by atoms with Crippen LogP contribution in [0.5, 0.6) is 11.5 Å². The number of non-ortho nitro benzene ring substituents is 1. The first-order valence-corrected chi connectivity index (χ1v) is 8.91. The maximum absolute atomic E-state index is 12.4. The van der Waals surface area contributed by atoms with Gasteiger partial charge in [-0.15, -0.1) is 0 Å². The zero-order valence-corrected chi connectivity index (χ0v) is 16.3. The third-order valence-electron chi connectivity index (χ3n) is 3.97. The van der Waals surface area contributed by atoms with Crippen LogP contribution in [0.1, 0.15) is 20.3 Å². The largest absolute Gasteiger partial charge is 0.495 e. The number of rotatable bonds is 9. The number of benzene rings is 2. The number of ether oxygens (including phenoxy) is 3. The second kappa shape index (κ2) is 10.1. The molecule has 0 unspecified atom stereocenters. The number of hydrogen-bond donors (Lipinski definition) is 1. The number of nitrogens with zero attached hydrogens (tertiary/aromatic N) is 1. The summed E-state index contributed by atoms with van der Waals surface area (Å²) in [5.74, 6) is -0.604. The van der Waals surface area contributed by atoms with Crippen molar-refractivity contribution in [2.24, 2.45) is 0 Å². The van der Waals surface area contributed by atoms with E-state index in [1.807, 2.05) is 6.07 Å². The Labute approximate surface area is 167 Å². The van der Waals surface area contributed by atoms with Gasteiger partial charge in [0.05, 0.1) is 17.7 Å². The van der Waals surface area contributed by atoms with Crippen LogP contribution in [-0.2, 0) is 14.3 Å². The van der Waals surface area contributed by atoms with Crippen LogP contribution in [0.3, 0.4) is 0 Å². The third kappa shape index (κ3) is 5.93. The maximum Gasteiger partial charge on any atom is 0.348 e. The van der Waals surface area contributed by atoms with Crippen molar-refractivity contribution in [1.29, 1.82) is 0 Å². The number of methoxy groups -OCH3 is 1. The van der Waals surface area contributed by atoms with E-state index in [-0.39, 0.29) is 17.1 Å². The molecule has 0 saturated carbocycles. The number of carbonyl (C=O) groups is 2. The van der Waals surface area contributed by atoms with Gasteiger partial charge < -0.3 is 19.5 Å². The molecule has 0 radical (unpaired) electrons. The van der Waals surface area contributed by atoms with Crippen LogP contribution in [0.4, 0.5) is 11.4 Å². The first-order chi connectivity index (χ1) is 13.8. The van der Waals surface area contributed by atoms with Crippen LogP contribution in [0, 0.1) is 10.1 Å². The Morgan fingerprint density at radius 2 is 1.86 bits per heavy atom. The van der Waals surface area contributed by atoms with Crippen molar-refractivity contribution in [2.75, 3.05) is 12.4 Å². The van der Waals surface area contributed by atoms with Gasteiger partial charge in [-0.1, -0.05) is 25.1 Å². The van der Waals surface area contributed by atoms with E-state index in [1.165, 1.54) is 32.2 Å². The Kier molecular flexibility index (Phi) is 7.53. The zero-order valence-electron chi connectivity index (χ0n) is 16.3. The number of nitrogens with one attached hydrogen (secondary N) is 1. The fraction of sp³-hybridized carbons (Fsp3) is 0.300. The van der Waals surface area contributed by atoms with Gasteiger partial charge in [0.25, 0.3) is 11.6 Å². The Morgan fingerprint density at radius 1 is 1.17 bits per heavy atom. The first kappa shape index (κ1) is 21.7. The van der Waals surface area contributed by atoms with Gasteiger partial charge >= 0.3 is 5.97 Å². The molecule has 2 rings (SSSR count). The van der Waals surface area contributed by atoms with Crippen LogP contribution in [-0.4, -0.2) is 36.1 Å². The number of nitro benzene ring substituents is 1. The smallest absolute Gasteiger partial charge is 0.348 e. The predicted molar refractivity (Wildman–Crippen MR) is 105 cm³/mol. The number of para-hydroxylation sites is 1. The Balaban J connectivity index is 2.03. The normalized spacial score (nSPS) is 12.4. The molecule has 0 saturated heterocycles. The molecule has 154 valence electrons. The molecule has 9 nitrogen and oxygen atoms in total. The fourth-order valence-electron chi connectivity index (χ4n) is 2.41. The molecule has 0 heterocycles. The maximum atomic E-state index is 12.4. The number of hydrogen-bond acceptors (Lipinski definition) is 7. The highest BCUT2D eigenvalue weighted by molar-refractivity contribution is 5.96. The first-order valence-electron chi connectivity index (χ1n) is 8.91. The molecule has 9 heteroatoms. The lowest BCUT2D eigenvalue weighted by atomic mass is 10.2. The summed E-state index contributed by atoms with van der Waals surface area (Å²) in [4.78, 5) is 35.1. The topological polar surface area (TPSA) is 117 Å². The number of anilines is 1. The minimum atomic E-state index is -1.15. The van der Waals surface area contributed by atoms with E-state index in [9.17, 15) is 19.7 Å². The van der Waals surface area contributed by atoms with Crippen LogP contribution >= 0.6 is 0 Å². The van der Waals surface area contributed by atoms with Crippen molar-refractivity contribution >= 4 is 23.3 Å². The van der Waals surface area contributed by atoms with Crippen LogP contribution in [0.15, 0.2) is 48.5 Å². The number of carbonyl (C=O) groups excluding carboxylic acids is 2. The highest BCUT2D eigenvalue weighted by atomic mass is 16.6. The Bertz CT molecular complexity index is 870. The van der Waals surface area contributed by atoms with E-state index in [2.05, 4.69) is 5.32 Å². The van der Waals surface area contributed by atoms with Crippen LogP contribution < -0.4 is 14.8 Å². The summed E-state index contributed by atoms with van der Waals surface area (Å²) in [6.07, 6.45) is -1.68. The minimum Gasteiger partial charge on any atom is -0.495 e. The van der Waals surface area contributed by atoms with Gasteiger partial charge in [-0.05, 0) is 31.5 Å². The molecular formula is C20H22N2O7. The number of amides is 1. The van der Waals surface area contributed by atoms with E-state index in [0.29, 0.717) is 12.2 Å². The molecule has 1 amide bonds. The molecule has 0 fully saturated rings. The van der Waals surface area contributed by atoms with Gasteiger partial charge in [-0.25, -0.2) is 4.79 Å². The molecule has 0 aromatic heterocycles. The second-order valence-corrected chi connectivity index (χ2v) is 6.04. The molecule has 0 aliphatic heterocycles. The van der Waals surface area contributed by atoms with Crippen molar-refractivity contribution in [3.8, 4) is 11.5 Å². The van der Waals surface area contributed by atoms with E-state index in [4.69, 9.17) is 14.2 Å². The molecule has 0 bridgehead atoms. The summed E-state index contributed by atoms with van der Waals surface area (Å²) in [6, 6.07) is 12.6. The average Bonchev–Trinajstić information content (AvgIpc) is 2.72. The summed E-state index contributed by atoms with van der Waals surface area (Å²) >= 11 is 0. The van der Waals surface area contributed by atoms with Crippen molar-refractivity contribution in [1.82, 2.24) is 0 Å². The summed E-state index contributed by atoms with van der Waals surface area (Å²) in [5.41, 5.74) is -0.116.